The zero-order valence-electron chi connectivity index (χ0n) is 6.96. The molecule has 0 heterocycles. The Morgan fingerprint density at radius 2 is 2.33 bits per heavy atom. The molecule has 66 valence electrons. The van der Waals surface area contributed by atoms with Crippen molar-refractivity contribution in [1.82, 2.24) is 0 Å². The van der Waals surface area contributed by atoms with E-state index in [2.05, 4.69) is 28.7 Å². The zero-order chi connectivity index (χ0) is 8.97. The molecular weight excluding hydrogens is 265 g/mol. The first-order valence-electron chi connectivity index (χ1n) is 3.74. The summed E-state index contributed by atoms with van der Waals surface area (Å²) in [6.07, 6.45) is 0. The van der Waals surface area contributed by atoms with Gasteiger partial charge < -0.3 is 10.5 Å². The highest BCUT2D eigenvalue weighted by molar-refractivity contribution is 14.1. The molecule has 1 rings (SSSR count). The average molecular weight is 277 g/mol. The third-order valence-electron chi connectivity index (χ3n) is 1.62. The molecule has 0 aliphatic carbocycles. The molecule has 0 spiro atoms. The largest absolute Gasteiger partial charge is 0.383 e. The van der Waals surface area contributed by atoms with Crippen LogP contribution in [0.3, 0.4) is 0 Å². The van der Waals surface area contributed by atoms with E-state index < -0.39 is 0 Å². The van der Waals surface area contributed by atoms with Gasteiger partial charge >= 0.3 is 0 Å². The van der Waals surface area contributed by atoms with Gasteiger partial charge in [-0.1, -0.05) is 12.1 Å². The maximum absolute atomic E-state index is 5.85. The number of methoxy groups -OCH3 is 1. The maximum atomic E-state index is 5.85. The van der Waals surface area contributed by atoms with Crippen LogP contribution in [0.15, 0.2) is 24.3 Å². The Balaban J connectivity index is 2.73. The number of nitrogens with two attached hydrogens (primary N) is 1. The van der Waals surface area contributed by atoms with Crippen LogP contribution in [-0.2, 0) is 4.74 Å². The molecule has 0 aliphatic heterocycles. The lowest BCUT2D eigenvalue weighted by atomic mass is 10.1. The predicted molar refractivity (Wildman–Crippen MR) is 58.0 cm³/mol. The van der Waals surface area contributed by atoms with E-state index in [1.807, 2.05) is 18.2 Å². The molecule has 0 bridgehead atoms. The number of benzene rings is 1. The molecule has 0 saturated heterocycles. The molecule has 1 aromatic carbocycles. The molecule has 0 amide bonds. The van der Waals surface area contributed by atoms with Gasteiger partial charge in [-0.3, -0.25) is 0 Å². The quantitative estimate of drug-likeness (QED) is 0.857. The molecule has 0 saturated carbocycles. The highest BCUT2D eigenvalue weighted by Gasteiger charge is 2.04. The van der Waals surface area contributed by atoms with Crippen LogP contribution in [0, 0.1) is 3.57 Å². The fraction of sp³-hybridized carbons (Fsp3) is 0.333. The van der Waals surface area contributed by atoms with Crippen LogP contribution >= 0.6 is 22.6 Å². The molecule has 2 nitrogen and oxygen atoms in total. The Hall–Kier alpha value is -0.130. The van der Waals surface area contributed by atoms with E-state index in [0.717, 1.165) is 5.56 Å². The molecule has 0 fully saturated rings. The van der Waals surface area contributed by atoms with Crippen LogP contribution in [0.25, 0.3) is 0 Å². The summed E-state index contributed by atoms with van der Waals surface area (Å²) in [6.45, 7) is 0.570. The second kappa shape index (κ2) is 4.79. The smallest absolute Gasteiger partial charge is 0.0655 e. The Kier molecular flexibility index (Phi) is 3.97. The molecule has 0 aliphatic rings. The lowest BCUT2D eigenvalue weighted by Crippen LogP contribution is -2.15. The monoisotopic (exact) mass is 277 g/mol. The summed E-state index contributed by atoms with van der Waals surface area (Å²) in [7, 11) is 1.66. The Labute approximate surface area is 86.2 Å². The van der Waals surface area contributed by atoms with Gasteiger partial charge in [-0.2, -0.15) is 0 Å². The van der Waals surface area contributed by atoms with E-state index in [0.29, 0.717) is 6.61 Å². The molecule has 3 heteroatoms. The number of ether oxygens (including phenoxy) is 1. The summed E-state index contributed by atoms with van der Waals surface area (Å²) in [6, 6.07) is 8.14. The van der Waals surface area contributed by atoms with Crippen LogP contribution in [-0.4, -0.2) is 13.7 Å². The summed E-state index contributed by atoms with van der Waals surface area (Å²) < 4.78 is 6.18. The normalized spacial score (nSPS) is 12.9. The first kappa shape index (κ1) is 9.95. The molecule has 0 aromatic heterocycles. The van der Waals surface area contributed by atoms with Crippen molar-refractivity contribution in [3.8, 4) is 0 Å². The van der Waals surface area contributed by atoms with Crippen molar-refractivity contribution >= 4 is 22.6 Å². The standard InChI is InChI=1S/C9H12INO/c1-12-6-9(11)7-3-2-4-8(10)5-7/h2-5,9H,6,11H2,1H3. The van der Waals surface area contributed by atoms with E-state index >= 15 is 0 Å². The second-order valence-electron chi connectivity index (χ2n) is 2.62. The number of rotatable bonds is 3. The summed E-state index contributed by atoms with van der Waals surface area (Å²) >= 11 is 2.27. The SMILES string of the molecule is COCC(N)c1cccc(I)c1. The van der Waals surface area contributed by atoms with Crippen molar-refractivity contribution in [1.29, 1.82) is 0 Å². The molecule has 12 heavy (non-hydrogen) atoms. The van der Waals surface area contributed by atoms with Crippen LogP contribution in [0.2, 0.25) is 0 Å². The van der Waals surface area contributed by atoms with Crippen LogP contribution < -0.4 is 5.73 Å². The molecule has 1 unspecified atom stereocenters. The lowest BCUT2D eigenvalue weighted by Gasteiger charge is -2.10. The highest BCUT2D eigenvalue weighted by atomic mass is 127. The minimum Gasteiger partial charge on any atom is -0.383 e. The maximum Gasteiger partial charge on any atom is 0.0655 e. The zero-order valence-corrected chi connectivity index (χ0v) is 9.11. The minimum absolute atomic E-state index is 0.00952. The Bertz CT molecular complexity index is 252. The average Bonchev–Trinajstić information content (AvgIpc) is 2.05. The van der Waals surface area contributed by atoms with Gasteiger partial charge in [-0.25, -0.2) is 0 Å². The Morgan fingerprint density at radius 1 is 1.58 bits per heavy atom. The Morgan fingerprint density at radius 3 is 2.92 bits per heavy atom. The van der Waals surface area contributed by atoms with Gasteiger partial charge in [-0.15, -0.1) is 0 Å². The minimum atomic E-state index is -0.00952. The third kappa shape index (κ3) is 2.73. The summed E-state index contributed by atoms with van der Waals surface area (Å²) in [5.41, 5.74) is 6.97. The lowest BCUT2D eigenvalue weighted by molar-refractivity contribution is 0.181. The van der Waals surface area contributed by atoms with Crippen molar-refractivity contribution in [2.75, 3.05) is 13.7 Å². The van der Waals surface area contributed by atoms with Crippen LogP contribution in [0.4, 0.5) is 0 Å². The fourth-order valence-corrected chi connectivity index (χ4v) is 1.58. The van der Waals surface area contributed by atoms with Gasteiger partial charge in [0, 0.05) is 10.7 Å². The van der Waals surface area contributed by atoms with Crippen molar-refractivity contribution in [2.45, 2.75) is 6.04 Å². The topological polar surface area (TPSA) is 35.2 Å². The molecule has 1 atom stereocenters. The number of hydrogen-bond acceptors (Lipinski definition) is 2. The van der Waals surface area contributed by atoms with E-state index in [4.69, 9.17) is 10.5 Å². The highest BCUT2D eigenvalue weighted by Crippen LogP contribution is 2.13. The van der Waals surface area contributed by atoms with E-state index in [-0.39, 0.29) is 6.04 Å². The van der Waals surface area contributed by atoms with Crippen molar-refractivity contribution in [3.63, 3.8) is 0 Å². The van der Waals surface area contributed by atoms with Gasteiger partial charge in [-0.05, 0) is 40.3 Å². The number of hydrogen-bond donors (Lipinski definition) is 1. The van der Waals surface area contributed by atoms with Crippen molar-refractivity contribution in [3.05, 3.63) is 33.4 Å². The van der Waals surface area contributed by atoms with E-state index in [9.17, 15) is 0 Å². The molecule has 2 N–H and O–H groups in total. The first-order chi connectivity index (χ1) is 5.74. The van der Waals surface area contributed by atoms with Crippen molar-refractivity contribution in [2.24, 2.45) is 5.73 Å². The second-order valence-corrected chi connectivity index (χ2v) is 3.86. The summed E-state index contributed by atoms with van der Waals surface area (Å²) in [5, 5.41) is 0. The van der Waals surface area contributed by atoms with Gasteiger partial charge in [0.05, 0.1) is 12.6 Å². The van der Waals surface area contributed by atoms with Gasteiger partial charge in [0.1, 0.15) is 0 Å². The number of halogens is 1. The van der Waals surface area contributed by atoms with Gasteiger partial charge in [0.25, 0.3) is 0 Å². The van der Waals surface area contributed by atoms with Gasteiger partial charge in [0.2, 0.25) is 0 Å². The predicted octanol–water partition coefficient (Wildman–Crippen LogP) is 1.94. The van der Waals surface area contributed by atoms with Crippen LogP contribution in [0.1, 0.15) is 11.6 Å². The van der Waals surface area contributed by atoms with Crippen LogP contribution in [0.5, 0.6) is 0 Å². The summed E-state index contributed by atoms with van der Waals surface area (Å²) in [5.74, 6) is 0. The molecule has 1 aromatic rings. The van der Waals surface area contributed by atoms with Crippen molar-refractivity contribution < 1.29 is 4.74 Å². The third-order valence-corrected chi connectivity index (χ3v) is 2.29. The van der Waals surface area contributed by atoms with E-state index in [1.165, 1.54) is 3.57 Å². The molecule has 0 radical (unpaired) electrons. The van der Waals surface area contributed by atoms with Gasteiger partial charge in [0.15, 0.2) is 0 Å². The summed E-state index contributed by atoms with van der Waals surface area (Å²) in [4.78, 5) is 0. The first-order valence-corrected chi connectivity index (χ1v) is 4.82. The fourth-order valence-electron chi connectivity index (χ4n) is 1.01. The van der Waals surface area contributed by atoms with E-state index in [1.54, 1.807) is 7.11 Å². The molecular formula is C9H12INO.